The van der Waals surface area contributed by atoms with Gasteiger partial charge in [0.05, 0.1) is 0 Å². The van der Waals surface area contributed by atoms with Crippen LogP contribution in [0.15, 0.2) is 24.3 Å². The van der Waals surface area contributed by atoms with Crippen LogP contribution in [0, 0.1) is 6.92 Å². The predicted octanol–water partition coefficient (Wildman–Crippen LogP) is 0.456. The average Bonchev–Trinajstić information content (AvgIpc) is 1.95. The van der Waals surface area contributed by atoms with E-state index in [0.717, 1.165) is 5.75 Å². The molecule has 0 aliphatic rings. The van der Waals surface area contributed by atoms with Crippen molar-refractivity contribution in [3.63, 3.8) is 0 Å². The maximum atomic E-state index is 5.23. The van der Waals surface area contributed by atoms with Crippen LogP contribution in [-0.2, 0) is 0 Å². The Balaban J connectivity index is 0. The second-order valence-corrected chi connectivity index (χ2v) is 3.93. The fourth-order valence-corrected chi connectivity index (χ4v) is 1.81. The summed E-state index contributed by atoms with van der Waals surface area (Å²) in [6.45, 7) is 2.05. The Morgan fingerprint density at radius 2 is 1.67 bits per heavy atom. The van der Waals surface area contributed by atoms with Gasteiger partial charge in [0, 0.05) is 0 Å². The van der Waals surface area contributed by atoms with E-state index < -0.39 is 20.1 Å². The molecule has 0 heterocycles. The van der Waals surface area contributed by atoms with Gasteiger partial charge in [-0.2, -0.15) is 0 Å². The standard InChI is InChI=1S/C7H8O.2H2O.S.Sb/c1-6-2-4-7(8)5-3-6;;;;/h2-5,8H,1H3;2*1H2;;/q;;;;+1/p-1. The van der Waals surface area contributed by atoms with Gasteiger partial charge < -0.3 is 11.0 Å². The van der Waals surface area contributed by atoms with Crippen molar-refractivity contribution in [1.29, 1.82) is 0 Å². The van der Waals surface area contributed by atoms with Crippen molar-refractivity contribution in [2.24, 2.45) is 0 Å². The van der Waals surface area contributed by atoms with Gasteiger partial charge in [0.15, 0.2) is 0 Å². The maximum absolute atomic E-state index is 5.23. The molecule has 0 saturated heterocycles. The zero-order chi connectivity index (χ0) is 7.40. The molecule has 0 bridgehead atoms. The molecule has 5 heteroatoms. The summed E-state index contributed by atoms with van der Waals surface area (Å²) in [7, 11) is 4.79. The third-order valence-corrected chi connectivity index (χ3v) is 2.48. The summed E-state index contributed by atoms with van der Waals surface area (Å²) >= 11 is -0.796. The van der Waals surface area contributed by atoms with Gasteiger partial charge in [0.1, 0.15) is 0 Å². The summed E-state index contributed by atoms with van der Waals surface area (Å²) in [5.74, 6) is 0.914. The smallest absolute Gasteiger partial charge is 0.412 e. The predicted molar refractivity (Wildman–Crippen MR) is 52.4 cm³/mol. The molecule has 0 amide bonds. The molecule has 4 N–H and O–H groups in total. The van der Waals surface area contributed by atoms with E-state index in [4.69, 9.17) is 12.2 Å². The van der Waals surface area contributed by atoms with E-state index in [0.29, 0.717) is 0 Å². The van der Waals surface area contributed by atoms with Crippen LogP contribution in [0.3, 0.4) is 0 Å². The maximum Gasteiger partial charge on any atom is -0.412 e. The molecule has 1 rings (SSSR count). The quantitative estimate of drug-likeness (QED) is 0.744. The molecule has 0 atom stereocenters. The Hall–Kier alpha value is -0.0218. The number of benzene rings is 1. The Bertz CT molecular complexity index is 225. The fraction of sp³-hybridized carbons (Fsp3) is 0.143. The van der Waals surface area contributed by atoms with Gasteiger partial charge >= 0.3 is 74.8 Å². The Kier molecular flexibility index (Phi) is 9.20. The van der Waals surface area contributed by atoms with E-state index in [-0.39, 0.29) is 11.0 Å². The van der Waals surface area contributed by atoms with Crippen LogP contribution < -0.4 is 3.02 Å². The number of hydrogen-bond donors (Lipinski definition) is 0. The molecule has 68 valence electrons. The first-order chi connectivity index (χ1) is 4.83. The molecular weight excluding hydrogens is 286 g/mol. The van der Waals surface area contributed by atoms with Gasteiger partial charge in [-0.25, -0.2) is 0 Å². The molecule has 1 aromatic carbocycles. The molecule has 3 nitrogen and oxygen atoms in total. The molecule has 0 aliphatic heterocycles. The summed E-state index contributed by atoms with van der Waals surface area (Å²) in [5, 5.41) is 0. The van der Waals surface area contributed by atoms with E-state index in [1.54, 1.807) is 0 Å². The van der Waals surface area contributed by atoms with Crippen LogP contribution in [0.25, 0.3) is 0 Å². The summed E-state index contributed by atoms with van der Waals surface area (Å²) in [5.41, 5.74) is 1.25. The fourth-order valence-electron chi connectivity index (χ4n) is 0.642. The van der Waals surface area contributed by atoms with E-state index in [2.05, 4.69) is 6.92 Å². The van der Waals surface area contributed by atoms with E-state index in [9.17, 15) is 0 Å². The summed E-state index contributed by atoms with van der Waals surface area (Å²) in [4.78, 5) is 0. The largest absolute Gasteiger partial charge is 0.412 e. The minimum absolute atomic E-state index is 0. The first-order valence-corrected chi connectivity index (χ1v) is 7.42. The summed E-state index contributed by atoms with van der Waals surface area (Å²) < 4.78 is 5.23. The van der Waals surface area contributed by atoms with Crippen molar-refractivity contribution in [2.75, 3.05) is 0 Å². The van der Waals surface area contributed by atoms with Crippen molar-refractivity contribution in [2.45, 2.75) is 6.92 Å². The summed E-state index contributed by atoms with van der Waals surface area (Å²) in [6.07, 6.45) is 0. The first-order valence-electron chi connectivity index (χ1n) is 2.89. The van der Waals surface area contributed by atoms with Crippen molar-refractivity contribution in [3.05, 3.63) is 29.8 Å². The average molecular weight is 297 g/mol. The third-order valence-electron chi connectivity index (χ3n) is 1.16. The van der Waals surface area contributed by atoms with Gasteiger partial charge in [-0.15, -0.1) is 0 Å². The van der Waals surface area contributed by atoms with Crippen LogP contribution in [0.5, 0.6) is 5.75 Å². The normalized spacial score (nSPS) is 7.42. The van der Waals surface area contributed by atoms with Gasteiger partial charge in [-0.1, -0.05) is 0 Å². The number of rotatable bonds is 2. The SMILES string of the molecule is Cc1ccc([O][Sb]=[S])cc1.O.O. The molecule has 0 aliphatic carbocycles. The second kappa shape index (κ2) is 7.62. The minimum atomic E-state index is -0.796. The zero-order valence-corrected chi connectivity index (χ0v) is 9.94. The van der Waals surface area contributed by atoms with Crippen molar-refractivity contribution in [1.82, 2.24) is 0 Å². The number of aryl methyl sites for hydroxylation is 1. The Labute approximate surface area is 85.6 Å². The van der Waals surface area contributed by atoms with Crippen LogP contribution in [0.4, 0.5) is 0 Å². The van der Waals surface area contributed by atoms with E-state index >= 15 is 0 Å². The van der Waals surface area contributed by atoms with E-state index in [1.165, 1.54) is 5.56 Å². The van der Waals surface area contributed by atoms with Gasteiger partial charge in [-0.05, 0) is 0 Å². The van der Waals surface area contributed by atoms with Gasteiger partial charge in [-0.3, -0.25) is 0 Å². The van der Waals surface area contributed by atoms with Crippen LogP contribution >= 0.6 is 9.19 Å². The van der Waals surface area contributed by atoms with Crippen molar-refractivity contribution in [3.8, 4) is 5.75 Å². The van der Waals surface area contributed by atoms with Crippen LogP contribution in [-0.4, -0.2) is 31.0 Å². The molecule has 0 radical (unpaired) electrons. The van der Waals surface area contributed by atoms with E-state index in [1.807, 2.05) is 24.3 Å². The monoisotopic (exact) mass is 296 g/mol. The molecule has 0 aromatic heterocycles. The molecular formula is C7H11O3SSb. The molecule has 1 aromatic rings. The minimum Gasteiger partial charge on any atom is -0.412 e. The van der Waals surface area contributed by atoms with Gasteiger partial charge in [0.25, 0.3) is 0 Å². The first kappa shape index (κ1) is 14.5. The van der Waals surface area contributed by atoms with Crippen LogP contribution in [0.2, 0.25) is 0 Å². The molecule has 0 spiro atoms. The molecule has 0 fully saturated rings. The van der Waals surface area contributed by atoms with Crippen molar-refractivity contribution < 1.29 is 14.0 Å². The second-order valence-electron chi connectivity index (χ2n) is 1.98. The van der Waals surface area contributed by atoms with Crippen LogP contribution in [0.1, 0.15) is 5.56 Å². The Morgan fingerprint density at radius 3 is 2.08 bits per heavy atom. The van der Waals surface area contributed by atoms with Crippen molar-refractivity contribution >= 4 is 29.3 Å². The third kappa shape index (κ3) is 4.78. The van der Waals surface area contributed by atoms with Gasteiger partial charge in [0.2, 0.25) is 0 Å². The zero-order valence-electron chi connectivity index (χ0n) is 6.57. The molecule has 12 heavy (non-hydrogen) atoms. The topological polar surface area (TPSA) is 72.2 Å². The Morgan fingerprint density at radius 1 is 1.17 bits per heavy atom. The molecule has 0 saturated carbocycles. The molecule has 0 unspecified atom stereocenters. The number of hydrogen-bond acceptors (Lipinski definition) is 2. The summed E-state index contributed by atoms with van der Waals surface area (Å²) in [6, 6.07) is 7.96.